The van der Waals surface area contributed by atoms with Gasteiger partial charge in [0.15, 0.2) is 6.10 Å². The van der Waals surface area contributed by atoms with Crippen LogP contribution in [0.15, 0.2) is 30.3 Å². The van der Waals surface area contributed by atoms with Crippen LogP contribution in [0.25, 0.3) is 6.08 Å². The molecule has 0 aromatic heterocycles. The topological polar surface area (TPSA) is 75.6 Å². The van der Waals surface area contributed by atoms with E-state index in [1.807, 2.05) is 0 Å². The molecule has 1 fully saturated rings. The molecule has 1 aromatic carbocycles. The van der Waals surface area contributed by atoms with E-state index >= 15 is 0 Å². The van der Waals surface area contributed by atoms with Crippen LogP contribution in [0.1, 0.15) is 18.4 Å². The van der Waals surface area contributed by atoms with Crippen molar-refractivity contribution in [3.8, 4) is 0 Å². The van der Waals surface area contributed by atoms with Crippen LogP contribution in [0.3, 0.4) is 0 Å². The van der Waals surface area contributed by atoms with E-state index < -0.39 is 12.1 Å². The third-order valence-electron chi connectivity index (χ3n) is 3.18. The molecule has 2 N–H and O–H groups in total. The number of nitrogens with one attached hydrogen (secondary N) is 1. The Kier molecular flexibility index (Phi) is 5.05. The number of carboxylic acids is 1. The predicted octanol–water partition coefficient (Wildman–Crippen LogP) is 1.59. The Labute approximate surface area is 121 Å². The maximum Gasteiger partial charge on any atom is 0.332 e. The summed E-state index contributed by atoms with van der Waals surface area (Å²) in [6.07, 6.45) is 2.94. The van der Waals surface area contributed by atoms with Crippen LogP contribution in [0.2, 0.25) is 0 Å². The lowest BCUT2D eigenvalue weighted by Gasteiger charge is -2.11. The Bertz CT molecular complexity index is 541. The van der Waals surface area contributed by atoms with E-state index in [0.29, 0.717) is 12.8 Å². The summed E-state index contributed by atoms with van der Waals surface area (Å²) in [7, 11) is 0. The van der Waals surface area contributed by atoms with Crippen LogP contribution in [0.4, 0.5) is 4.39 Å². The SMILES string of the molecule is O=C(/C=C/c1ccc(F)cc1)NCC1CCC(C(=O)O)O1. The molecule has 1 aromatic rings. The van der Waals surface area contributed by atoms with Gasteiger partial charge in [-0.15, -0.1) is 0 Å². The van der Waals surface area contributed by atoms with Gasteiger partial charge in [0.2, 0.25) is 5.91 Å². The fourth-order valence-electron chi connectivity index (χ4n) is 2.06. The summed E-state index contributed by atoms with van der Waals surface area (Å²) in [5.74, 6) is -1.61. The average molecular weight is 293 g/mol. The van der Waals surface area contributed by atoms with Crippen molar-refractivity contribution in [2.45, 2.75) is 25.0 Å². The Hall–Kier alpha value is -2.21. The van der Waals surface area contributed by atoms with E-state index in [1.54, 1.807) is 18.2 Å². The second-order valence-corrected chi connectivity index (χ2v) is 4.79. The first-order chi connectivity index (χ1) is 10.0. The quantitative estimate of drug-likeness (QED) is 0.808. The van der Waals surface area contributed by atoms with Crippen molar-refractivity contribution in [3.05, 3.63) is 41.7 Å². The van der Waals surface area contributed by atoms with Crippen LogP contribution >= 0.6 is 0 Å². The lowest BCUT2D eigenvalue weighted by molar-refractivity contribution is -0.149. The van der Waals surface area contributed by atoms with Gasteiger partial charge in [-0.25, -0.2) is 9.18 Å². The molecule has 112 valence electrons. The van der Waals surface area contributed by atoms with Crippen molar-refractivity contribution < 1.29 is 23.8 Å². The molecule has 2 atom stereocenters. The molecule has 0 saturated carbocycles. The Balaban J connectivity index is 1.75. The number of halogens is 1. The van der Waals surface area contributed by atoms with Gasteiger partial charge in [0, 0.05) is 12.6 Å². The van der Waals surface area contributed by atoms with Gasteiger partial charge in [-0.3, -0.25) is 4.79 Å². The van der Waals surface area contributed by atoms with Crippen molar-refractivity contribution in [3.63, 3.8) is 0 Å². The third-order valence-corrected chi connectivity index (χ3v) is 3.18. The zero-order chi connectivity index (χ0) is 15.2. The molecule has 2 rings (SSSR count). The molecule has 1 amide bonds. The number of carboxylic acid groups (broad SMARTS) is 1. The molecule has 0 radical (unpaired) electrons. The Morgan fingerprint density at radius 1 is 1.33 bits per heavy atom. The second kappa shape index (κ2) is 6.99. The molecule has 21 heavy (non-hydrogen) atoms. The van der Waals surface area contributed by atoms with Crippen molar-refractivity contribution >= 4 is 18.0 Å². The van der Waals surface area contributed by atoms with Gasteiger partial charge < -0.3 is 15.2 Å². The molecular weight excluding hydrogens is 277 g/mol. The summed E-state index contributed by atoms with van der Waals surface area (Å²) >= 11 is 0. The lowest BCUT2D eigenvalue weighted by Crippen LogP contribution is -2.32. The van der Waals surface area contributed by atoms with Gasteiger partial charge in [-0.1, -0.05) is 12.1 Å². The molecule has 1 aliphatic heterocycles. The summed E-state index contributed by atoms with van der Waals surface area (Å²) in [5.41, 5.74) is 0.717. The highest BCUT2D eigenvalue weighted by molar-refractivity contribution is 5.91. The van der Waals surface area contributed by atoms with Gasteiger partial charge in [0.05, 0.1) is 6.10 Å². The average Bonchev–Trinajstić information content (AvgIpc) is 2.93. The largest absolute Gasteiger partial charge is 0.479 e. The van der Waals surface area contributed by atoms with E-state index in [2.05, 4.69) is 5.32 Å². The number of carbonyl (C=O) groups is 2. The number of rotatable bonds is 5. The number of aliphatic carboxylic acids is 1. The standard InChI is InChI=1S/C15H16FNO4/c16-11-4-1-10(2-5-11)3-8-14(18)17-9-12-6-7-13(21-12)15(19)20/h1-5,8,12-13H,6-7,9H2,(H,17,18)(H,19,20)/b8-3+. The Morgan fingerprint density at radius 3 is 2.67 bits per heavy atom. The monoisotopic (exact) mass is 293 g/mol. The van der Waals surface area contributed by atoms with Crippen LogP contribution < -0.4 is 5.32 Å². The summed E-state index contributed by atoms with van der Waals surface area (Å²) in [6.45, 7) is 0.274. The number of benzene rings is 1. The summed E-state index contributed by atoms with van der Waals surface area (Å²) in [6, 6.07) is 5.76. The van der Waals surface area contributed by atoms with Gasteiger partial charge in [0.1, 0.15) is 5.82 Å². The zero-order valence-corrected chi connectivity index (χ0v) is 11.3. The fraction of sp³-hybridized carbons (Fsp3) is 0.333. The highest BCUT2D eigenvalue weighted by Crippen LogP contribution is 2.19. The first-order valence-electron chi connectivity index (χ1n) is 6.64. The number of hydrogen-bond donors (Lipinski definition) is 2. The lowest BCUT2D eigenvalue weighted by atomic mass is 10.2. The van der Waals surface area contributed by atoms with Crippen LogP contribution in [0, 0.1) is 5.82 Å². The van der Waals surface area contributed by atoms with Crippen molar-refractivity contribution in [2.24, 2.45) is 0 Å². The molecule has 0 spiro atoms. The fourth-order valence-corrected chi connectivity index (χ4v) is 2.06. The van der Waals surface area contributed by atoms with Crippen molar-refractivity contribution in [2.75, 3.05) is 6.54 Å². The summed E-state index contributed by atoms with van der Waals surface area (Å²) in [5, 5.41) is 11.4. The molecule has 1 heterocycles. The van der Waals surface area contributed by atoms with Crippen LogP contribution in [0.5, 0.6) is 0 Å². The summed E-state index contributed by atoms with van der Waals surface area (Å²) < 4.78 is 18.0. The molecule has 0 aliphatic carbocycles. The highest BCUT2D eigenvalue weighted by Gasteiger charge is 2.30. The maximum atomic E-state index is 12.7. The minimum atomic E-state index is -0.972. The molecule has 0 bridgehead atoms. The van der Waals surface area contributed by atoms with E-state index in [4.69, 9.17) is 9.84 Å². The van der Waals surface area contributed by atoms with Crippen LogP contribution in [-0.2, 0) is 14.3 Å². The van der Waals surface area contributed by atoms with Crippen LogP contribution in [-0.4, -0.2) is 35.7 Å². The van der Waals surface area contributed by atoms with Crippen molar-refractivity contribution in [1.29, 1.82) is 0 Å². The smallest absolute Gasteiger partial charge is 0.332 e. The number of carbonyl (C=O) groups excluding carboxylic acids is 1. The van der Waals surface area contributed by atoms with E-state index in [0.717, 1.165) is 5.56 Å². The van der Waals surface area contributed by atoms with E-state index in [1.165, 1.54) is 18.2 Å². The second-order valence-electron chi connectivity index (χ2n) is 4.79. The van der Waals surface area contributed by atoms with Gasteiger partial charge in [-0.2, -0.15) is 0 Å². The van der Waals surface area contributed by atoms with Gasteiger partial charge in [-0.05, 0) is 36.6 Å². The maximum absolute atomic E-state index is 12.7. The minimum absolute atomic E-state index is 0.269. The Morgan fingerprint density at radius 2 is 2.05 bits per heavy atom. The number of amides is 1. The number of hydrogen-bond acceptors (Lipinski definition) is 3. The molecule has 5 nitrogen and oxygen atoms in total. The zero-order valence-electron chi connectivity index (χ0n) is 11.3. The molecule has 6 heteroatoms. The highest BCUT2D eigenvalue weighted by atomic mass is 19.1. The predicted molar refractivity (Wildman–Crippen MR) is 74.0 cm³/mol. The van der Waals surface area contributed by atoms with Crippen molar-refractivity contribution in [1.82, 2.24) is 5.32 Å². The summed E-state index contributed by atoms with van der Waals surface area (Å²) in [4.78, 5) is 22.3. The molecule has 1 saturated heterocycles. The number of ether oxygens (including phenoxy) is 1. The molecule has 2 unspecified atom stereocenters. The van der Waals surface area contributed by atoms with E-state index in [-0.39, 0.29) is 24.4 Å². The molecule has 1 aliphatic rings. The first kappa shape index (κ1) is 15.2. The minimum Gasteiger partial charge on any atom is -0.479 e. The van der Waals surface area contributed by atoms with E-state index in [9.17, 15) is 14.0 Å². The van der Waals surface area contributed by atoms with Gasteiger partial charge in [0.25, 0.3) is 0 Å². The normalized spacial score (nSPS) is 21.6. The first-order valence-corrected chi connectivity index (χ1v) is 6.64. The molecular formula is C15H16FNO4. The van der Waals surface area contributed by atoms with Gasteiger partial charge >= 0.3 is 5.97 Å². The third kappa shape index (κ3) is 4.68.